The molecule has 0 aromatic heterocycles. The van der Waals surface area contributed by atoms with E-state index in [0.717, 1.165) is 18.4 Å². The van der Waals surface area contributed by atoms with E-state index in [9.17, 15) is 19.1 Å². The second-order valence-electron chi connectivity index (χ2n) is 7.79. The minimum Gasteiger partial charge on any atom is -0.396 e. The van der Waals surface area contributed by atoms with Crippen LogP contribution in [0.5, 0.6) is 0 Å². The van der Waals surface area contributed by atoms with Crippen LogP contribution in [0.3, 0.4) is 0 Å². The second kappa shape index (κ2) is 8.77. The number of aliphatic hydroxyl groups excluding tert-OH is 1. The van der Waals surface area contributed by atoms with E-state index in [2.05, 4.69) is 10.6 Å². The first kappa shape index (κ1) is 20.4. The molecule has 2 fully saturated rings. The number of carbonyl (C=O) groups excluding carboxylic acids is 2. The quantitative estimate of drug-likeness (QED) is 0.715. The number of carbonyl (C=O) groups is 2. The van der Waals surface area contributed by atoms with Gasteiger partial charge < -0.3 is 25.5 Å². The van der Waals surface area contributed by atoms with Crippen molar-refractivity contribution < 1.29 is 19.1 Å². The minimum absolute atomic E-state index is 0.0291. The van der Waals surface area contributed by atoms with E-state index in [-0.39, 0.29) is 49.0 Å². The van der Waals surface area contributed by atoms with Crippen LogP contribution in [0.15, 0.2) is 18.2 Å². The van der Waals surface area contributed by atoms with E-state index in [4.69, 9.17) is 0 Å². The molecule has 28 heavy (non-hydrogen) atoms. The first-order valence-electron chi connectivity index (χ1n) is 9.81. The number of urea groups is 2. The van der Waals surface area contributed by atoms with E-state index >= 15 is 0 Å². The van der Waals surface area contributed by atoms with Gasteiger partial charge in [-0.3, -0.25) is 0 Å². The maximum atomic E-state index is 14.1. The van der Waals surface area contributed by atoms with Crippen LogP contribution < -0.4 is 10.6 Å². The first-order valence-corrected chi connectivity index (χ1v) is 9.81. The fraction of sp³-hybridized carbons (Fsp3) is 0.600. The van der Waals surface area contributed by atoms with Gasteiger partial charge in [0.05, 0.1) is 6.04 Å². The average molecular weight is 392 g/mol. The normalized spacial score (nSPS) is 21.9. The molecule has 3 N–H and O–H groups in total. The van der Waals surface area contributed by atoms with Crippen LogP contribution in [0.4, 0.5) is 14.0 Å². The van der Waals surface area contributed by atoms with Crippen LogP contribution in [-0.2, 0) is 6.54 Å². The number of hydrogen-bond donors (Lipinski definition) is 3. The van der Waals surface area contributed by atoms with E-state index in [1.807, 2.05) is 13.0 Å². The van der Waals surface area contributed by atoms with Crippen molar-refractivity contribution in [2.45, 2.75) is 44.8 Å². The lowest BCUT2D eigenvalue weighted by Gasteiger charge is -2.42. The molecule has 1 saturated heterocycles. The number of aryl methyl sites for hydroxylation is 1. The maximum Gasteiger partial charge on any atom is 0.318 e. The molecule has 7 nitrogen and oxygen atoms in total. The lowest BCUT2D eigenvalue weighted by Crippen LogP contribution is -2.58. The highest BCUT2D eigenvalue weighted by Crippen LogP contribution is 2.32. The predicted octanol–water partition coefficient (Wildman–Crippen LogP) is 1.83. The number of benzene rings is 1. The van der Waals surface area contributed by atoms with Crippen molar-refractivity contribution in [3.63, 3.8) is 0 Å². The van der Waals surface area contributed by atoms with E-state index in [0.29, 0.717) is 25.1 Å². The Labute approximate surface area is 164 Å². The maximum absolute atomic E-state index is 14.1. The third kappa shape index (κ3) is 4.73. The summed E-state index contributed by atoms with van der Waals surface area (Å²) in [5.74, 6) is -0.401. The standard InChI is InChI=1S/C20H29FN4O3/c1-13-3-4-15(18(21)7-13)9-23-20(28)25(16-5-6-16)17-8-14(12-26)10-24(11-17)19(27)22-2/h3-4,7,14,16-17,26H,5-6,8-12H2,1-2H3,(H,22,27)(H,23,28). The number of nitrogens with zero attached hydrogens (tertiary/aromatic N) is 2. The van der Waals surface area contributed by atoms with Gasteiger partial charge in [0.1, 0.15) is 5.82 Å². The summed E-state index contributed by atoms with van der Waals surface area (Å²) in [6.45, 7) is 2.81. The molecule has 0 radical (unpaired) electrons. The molecule has 1 aromatic carbocycles. The van der Waals surface area contributed by atoms with Gasteiger partial charge in [-0.1, -0.05) is 12.1 Å². The summed E-state index contributed by atoms with van der Waals surface area (Å²) in [6, 6.07) is 4.47. The second-order valence-corrected chi connectivity index (χ2v) is 7.79. The minimum atomic E-state index is -0.331. The van der Waals surface area contributed by atoms with E-state index in [1.165, 1.54) is 6.07 Å². The van der Waals surface area contributed by atoms with Crippen molar-refractivity contribution in [3.8, 4) is 0 Å². The van der Waals surface area contributed by atoms with Crippen LogP contribution >= 0.6 is 0 Å². The number of amides is 4. The Hall–Kier alpha value is -2.35. The van der Waals surface area contributed by atoms with Gasteiger partial charge in [0.2, 0.25) is 0 Å². The topological polar surface area (TPSA) is 84.9 Å². The summed E-state index contributed by atoms with van der Waals surface area (Å²) < 4.78 is 14.1. The summed E-state index contributed by atoms with van der Waals surface area (Å²) >= 11 is 0. The van der Waals surface area contributed by atoms with Crippen LogP contribution in [0, 0.1) is 18.7 Å². The number of rotatable bonds is 5. The summed E-state index contributed by atoms with van der Waals surface area (Å²) in [4.78, 5) is 28.5. The molecule has 0 spiro atoms. The van der Waals surface area contributed by atoms with Crippen molar-refractivity contribution in [3.05, 3.63) is 35.1 Å². The lowest BCUT2D eigenvalue weighted by atomic mass is 9.94. The number of aliphatic hydroxyl groups is 1. The molecule has 2 atom stereocenters. The molecule has 2 aliphatic rings. The van der Waals surface area contributed by atoms with Crippen LogP contribution in [0.25, 0.3) is 0 Å². The Bertz CT molecular complexity index is 725. The molecular formula is C20H29FN4O3. The van der Waals surface area contributed by atoms with Gasteiger partial charge in [0, 0.05) is 50.8 Å². The molecule has 1 aliphatic carbocycles. The Morgan fingerprint density at radius 2 is 2.04 bits per heavy atom. The van der Waals surface area contributed by atoms with E-state index < -0.39 is 0 Å². The molecule has 3 rings (SSSR count). The van der Waals surface area contributed by atoms with Gasteiger partial charge >= 0.3 is 12.1 Å². The molecule has 1 aliphatic heterocycles. The van der Waals surface area contributed by atoms with Gasteiger partial charge in [-0.25, -0.2) is 14.0 Å². The summed E-state index contributed by atoms with van der Waals surface area (Å²) in [5.41, 5.74) is 1.28. The summed E-state index contributed by atoms with van der Waals surface area (Å²) in [6.07, 6.45) is 2.49. The average Bonchev–Trinajstić information content (AvgIpc) is 3.51. The van der Waals surface area contributed by atoms with Gasteiger partial charge in [-0.2, -0.15) is 0 Å². The largest absolute Gasteiger partial charge is 0.396 e. The Morgan fingerprint density at radius 3 is 2.64 bits per heavy atom. The third-order valence-corrected chi connectivity index (χ3v) is 5.48. The summed E-state index contributed by atoms with van der Waals surface area (Å²) in [7, 11) is 1.57. The zero-order valence-corrected chi connectivity index (χ0v) is 16.4. The number of halogens is 1. The molecule has 2 unspecified atom stereocenters. The fourth-order valence-corrected chi connectivity index (χ4v) is 3.87. The zero-order valence-electron chi connectivity index (χ0n) is 16.4. The molecule has 8 heteroatoms. The number of piperidine rings is 1. The monoisotopic (exact) mass is 392 g/mol. The Morgan fingerprint density at radius 1 is 1.29 bits per heavy atom. The van der Waals surface area contributed by atoms with Crippen LogP contribution in [0.2, 0.25) is 0 Å². The van der Waals surface area contributed by atoms with Crippen LogP contribution in [0.1, 0.15) is 30.4 Å². The highest BCUT2D eigenvalue weighted by atomic mass is 19.1. The van der Waals surface area contributed by atoms with Crippen molar-refractivity contribution >= 4 is 12.1 Å². The predicted molar refractivity (Wildman–Crippen MR) is 103 cm³/mol. The van der Waals surface area contributed by atoms with Crippen molar-refractivity contribution in [1.82, 2.24) is 20.4 Å². The van der Waals surface area contributed by atoms with Crippen molar-refractivity contribution in [2.24, 2.45) is 5.92 Å². The molecular weight excluding hydrogens is 363 g/mol. The Balaban J connectivity index is 1.69. The first-order chi connectivity index (χ1) is 13.4. The third-order valence-electron chi connectivity index (χ3n) is 5.48. The smallest absolute Gasteiger partial charge is 0.318 e. The molecule has 1 aromatic rings. The highest BCUT2D eigenvalue weighted by molar-refractivity contribution is 5.76. The van der Waals surface area contributed by atoms with E-state index in [1.54, 1.807) is 22.9 Å². The van der Waals surface area contributed by atoms with Gasteiger partial charge in [0.15, 0.2) is 0 Å². The number of likely N-dealkylation sites (tertiary alicyclic amines) is 1. The number of hydrogen-bond acceptors (Lipinski definition) is 3. The highest BCUT2D eigenvalue weighted by Gasteiger charge is 2.41. The molecule has 4 amide bonds. The number of nitrogens with one attached hydrogen (secondary N) is 2. The van der Waals surface area contributed by atoms with Gasteiger partial charge in [-0.05, 0) is 37.8 Å². The van der Waals surface area contributed by atoms with Gasteiger partial charge in [-0.15, -0.1) is 0 Å². The lowest BCUT2D eigenvalue weighted by molar-refractivity contribution is 0.0690. The molecule has 154 valence electrons. The summed E-state index contributed by atoms with van der Waals surface area (Å²) in [5, 5.41) is 15.1. The molecule has 0 bridgehead atoms. The van der Waals surface area contributed by atoms with Crippen molar-refractivity contribution in [2.75, 3.05) is 26.7 Å². The van der Waals surface area contributed by atoms with Crippen LogP contribution in [-0.4, -0.2) is 65.8 Å². The fourth-order valence-electron chi connectivity index (χ4n) is 3.87. The molecule has 1 saturated carbocycles. The van der Waals surface area contributed by atoms with Gasteiger partial charge in [0.25, 0.3) is 0 Å². The zero-order chi connectivity index (χ0) is 20.3. The molecule has 1 heterocycles. The Kier molecular flexibility index (Phi) is 6.39. The SMILES string of the molecule is CNC(=O)N1CC(CO)CC(N(C(=O)NCc2ccc(C)cc2F)C2CC2)C1. The van der Waals surface area contributed by atoms with Crippen molar-refractivity contribution in [1.29, 1.82) is 0 Å².